The Kier molecular flexibility index (Phi) is 6.43. The van der Waals surface area contributed by atoms with Gasteiger partial charge in [-0.25, -0.2) is 14.6 Å². The van der Waals surface area contributed by atoms with Crippen molar-refractivity contribution in [2.24, 2.45) is 12.2 Å². The number of amides is 1. The molecule has 0 aliphatic carbocycles. The van der Waals surface area contributed by atoms with Crippen molar-refractivity contribution < 1.29 is 18.9 Å². The second kappa shape index (κ2) is 9.20. The summed E-state index contributed by atoms with van der Waals surface area (Å²) in [5.74, 6) is -0.288. The van der Waals surface area contributed by atoms with Gasteiger partial charge in [0, 0.05) is 13.2 Å². The van der Waals surface area contributed by atoms with Crippen molar-refractivity contribution in [3.05, 3.63) is 70.4 Å². The predicted molar refractivity (Wildman–Crippen MR) is 111 cm³/mol. The van der Waals surface area contributed by atoms with E-state index in [-0.39, 0.29) is 18.1 Å². The summed E-state index contributed by atoms with van der Waals surface area (Å²) in [6.45, 7) is 5.30. The summed E-state index contributed by atoms with van der Waals surface area (Å²) in [6, 6.07) is 10.3. The van der Waals surface area contributed by atoms with Gasteiger partial charge >= 0.3 is 11.8 Å². The summed E-state index contributed by atoms with van der Waals surface area (Å²) < 4.78 is 11.3. The van der Waals surface area contributed by atoms with Crippen molar-refractivity contribution in [1.82, 2.24) is 19.7 Å². The second-order valence-corrected chi connectivity index (χ2v) is 7.36. The quantitative estimate of drug-likeness (QED) is 0.469. The zero-order valence-corrected chi connectivity index (χ0v) is 17.5. The lowest BCUT2D eigenvalue weighted by Gasteiger charge is -2.19. The Balaban J connectivity index is 1.75. The fourth-order valence-corrected chi connectivity index (χ4v) is 2.45. The molecule has 1 N–H and O–H groups in total. The van der Waals surface area contributed by atoms with Crippen LogP contribution in [0.3, 0.4) is 0 Å². The van der Waals surface area contributed by atoms with Gasteiger partial charge in [-0.05, 0) is 45.0 Å². The molecule has 0 saturated heterocycles. The summed E-state index contributed by atoms with van der Waals surface area (Å²) in [7, 11) is 1.52. The average Bonchev–Trinajstić information content (AvgIpc) is 3.02. The minimum atomic E-state index is -0.760. The van der Waals surface area contributed by atoms with Gasteiger partial charge in [-0.1, -0.05) is 17.3 Å². The molecule has 0 fully saturated rings. The summed E-state index contributed by atoms with van der Waals surface area (Å²) in [5, 5.41) is 6.66. The fraction of sp³-hybridized carbons (Fsp3) is 0.300. The number of hydrogen-bond donors (Lipinski definition) is 1. The van der Waals surface area contributed by atoms with E-state index in [4.69, 9.17) is 14.1 Å². The summed E-state index contributed by atoms with van der Waals surface area (Å²) >= 11 is 0. The fourth-order valence-electron chi connectivity index (χ4n) is 2.45. The molecular weight excluding hydrogens is 404 g/mol. The highest BCUT2D eigenvalue weighted by molar-refractivity contribution is 6.08. The average molecular weight is 426 g/mol. The molecule has 31 heavy (non-hydrogen) atoms. The Morgan fingerprint density at radius 3 is 2.65 bits per heavy atom. The van der Waals surface area contributed by atoms with Crippen LogP contribution in [0.4, 0.5) is 10.6 Å². The Morgan fingerprint density at radius 1 is 1.19 bits per heavy atom. The van der Waals surface area contributed by atoms with Crippen LogP contribution < -0.4 is 11.1 Å². The molecule has 3 heterocycles. The number of oxime groups is 1. The van der Waals surface area contributed by atoms with Crippen LogP contribution in [0.15, 0.2) is 57.1 Å². The second-order valence-electron chi connectivity index (χ2n) is 7.36. The van der Waals surface area contributed by atoms with E-state index < -0.39 is 17.5 Å². The first-order chi connectivity index (χ1) is 14.7. The van der Waals surface area contributed by atoms with Gasteiger partial charge in [-0.3, -0.25) is 10.3 Å². The van der Waals surface area contributed by atoms with E-state index in [0.29, 0.717) is 17.2 Å². The van der Waals surface area contributed by atoms with Crippen LogP contribution >= 0.6 is 0 Å². The number of aryl methyl sites for hydroxylation is 1. The molecule has 0 saturated carbocycles. The van der Waals surface area contributed by atoms with Crippen molar-refractivity contribution in [3.8, 4) is 0 Å². The maximum Gasteiger partial charge on any atom is 0.460 e. The highest BCUT2D eigenvalue weighted by atomic mass is 16.6. The molecule has 0 radical (unpaired) electrons. The van der Waals surface area contributed by atoms with Gasteiger partial charge in [0.25, 0.3) is 0 Å². The SMILES string of the molecule is Cn1oc(=O)nc1/C(=N/OCc1cccc(NC(=O)OC(C)(C)C)n1)c1ccccn1. The minimum absolute atomic E-state index is 0.00797. The van der Waals surface area contributed by atoms with Crippen LogP contribution in [0.1, 0.15) is 38.0 Å². The van der Waals surface area contributed by atoms with Crippen LogP contribution in [0.2, 0.25) is 0 Å². The van der Waals surface area contributed by atoms with E-state index in [0.717, 1.165) is 0 Å². The first-order valence-corrected chi connectivity index (χ1v) is 9.33. The maximum absolute atomic E-state index is 11.9. The first kappa shape index (κ1) is 21.7. The molecule has 162 valence electrons. The van der Waals surface area contributed by atoms with E-state index in [1.807, 2.05) is 0 Å². The molecule has 0 aromatic carbocycles. The first-order valence-electron chi connectivity index (χ1n) is 9.33. The Hall–Kier alpha value is -4.02. The minimum Gasteiger partial charge on any atom is -0.444 e. The van der Waals surface area contributed by atoms with Crippen molar-refractivity contribution in [3.63, 3.8) is 0 Å². The molecule has 3 aromatic heterocycles. The van der Waals surface area contributed by atoms with Crippen molar-refractivity contribution in [2.75, 3.05) is 5.32 Å². The molecule has 0 aliphatic rings. The van der Waals surface area contributed by atoms with Crippen LogP contribution in [0.5, 0.6) is 0 Å². The van der Waals surface area contributed by atoms with E-state index in [1.54, 1.807) is 63.4 Å². The zero-order valence-electron chi connectivity index (χ0n) is 17.5. The van der Waals surface area contributed by atoms with Gasteiger partial charge in [0.05, 0.1) is 11.4 Å². The highest BCUT2D eigenvalue weighted by Gasteiger charge is 2.18. The molecule has 0 bridgehead atoms. The molecule has 11 nitrogen and oxygen atoms in total. The van der Waals surface area contributed by atoms with Gasteiger partial charge in [0.2, 0.25) is 5.82 Å². The lowest BCUT2D eigenvalue weighted by Crippen LogP contribution is -2.27. The number of rotatable bonds is 6. The summed E-state index contributed by atoms with van der Waals surface area (Å²) in [5.41, 5.74) is 0.547. The summed E-state index contributed by atoms with van der Waals surface area (Å²) in [6.07, 6.45) is 0.969. The number of ether oxygens (including phenoxy) is 1. The number of aromatic nitrogens is 4. The van der Waals surface area contributed by atoms with Crippen molar-refractivity contribution in [2.45, 2.75) is 33.0 Å². The Morgan fingerprint density at radius 2 is 2.00 bits per heavy atom. The highest BCUT2D eigenvalue weighted by Crippen LogP contribution is 2.12. The molecule has 3 rings (SSSR count). The number of hydrogen-bond acceptors (Lipinski definition) is 9. The molecule has 0 spiro atoms. The molecule has 0 aliphatic heterocycles. The van der Waals surface area contributed by atoms with Crippen LogP contribution in [0, 0.1) is 0 Å². The number of nitrogens with one attached hydrogen (secondary N) is 1. The van der Waals surface area contributed by atoms with Gasteiger partial charge in [-0.15, -0.1) is 0 Å². The predicted octanol–water partition coefficient (Wildman–Crippen LogP) is 2.48. The zero-order chi connectivity index (χ0) is 22.4. The lowest BCUT2D eigenvalue weighted by atomic mass is 10.2. The molecule has 0 atom stereocenters. The number of carbonyl (C=O) groups excluding carboxylic acids is 1. The van der Waals surface area contributed by atoms with Gasteiger partial charge in [0.15, 0.2) is 12.3 Å². The van der Waals surface area contributed by atoms with Gasteiger partial charge < -0.3 is 14.1 Å². The molecule has 1 amide bonds. The third-order valence-electron chi connectivity index (χ3n) is 3.63. The molecular formula is C20H22N6O5. The lowest BCUT2D eigenvalue weighted by molar-refractivity contribution is 0.0635. The van der Waals surface area contributed by atoms with Crippen LogP contribution in [0.25, 0.3) is 0 Å². The van der Waals surface area contributed by atoms with Crippen molar-refractivity contribution >= 4 is 17.6 Å². The van der Waals surface area contributed by atoms with E-state index in [9.17, 15) is 9.59 Å². The van der Waals surface area contributed by atoms with Crippen LogP contribution in [-0.4, -0.2) is 37.1 Å². The third-order valence-corrected chi connectivity index (χ3v) is 3.63. The standard InChI is InChI=1S/C20H22N6O5/c1-20(2,3)30-18(27)23-15-10-7-8-13(22-15)12-29-25-16(14-9-5-6-11-21-14)17-24-19(28)31-26(17)4/h5-11H,12H2,1-4H3,(H,22,23,27)/b25-16+. The van der Waals surface area contributed by atoms with Gasteiger partial charge in [-0.2, -0.15) is 9.72 Å². The molecule has 3 aromatic rings. The number of pyridine rings is 2. The Bertz CT molecular complexity index is 1130. The maximum atomic E-state index is 11.9. The number of carbonyl (C=O) groups is 1. The monoisotopic (exact) mass is 426 g/mol. The van der Waals surface area contributed by atoms with Crippen LogP contribution in [-0.2, 0) is 23.2 Å². The normalized spacial score (nSPS) is 11.8. The van der Waals surface area contributed by atoms with Crippen molar-refractivity contribution in [1.29, 1.82) is 0 Å². The Labute approximate surface area is 177 Å². The van der Waals surface area contributed by atoms with E-state index in [1.165, 1.54) is 11.8 Å². The topological polar surface area (TPSA) is 134 Å². The van der Waals surface area contributed by atoms with E-state index in [2.05, 4.69) is 25.4 Å². The van der Waals surface area contributed by atoms with E-state index >= 15 is 0 Å². The smallest absolute Gasteiger partial charge is 0.444 e. The largest absolute Gasteiger partial charge is 0.460 e. The number of nitrogens with zero attached hydrogens (tertiary/aromatic N) is 5. The molecule has 11 heteroatoms. The summed E-state index contributed by atoms with van der Waals surface area (Å²) in [4.78, 5) is 41.2. The third kappa shape index (κ3) is 6.23. The van der Waals surface area contributed by atoms with Gasteiger partial charge in [0.1, 0.15) is 11.4 Å². The molecule has 0 unspecified atom stereocenters. The number of anilines is 1.